The molecule has 2 aliphatic rings. The lowest BCUT2D eigenvalue weighted by Gasteiger charge is -2.43. The first-order chi connectivity index (χ1) is 12.5. The van der Waals surface area contributed by atoms with Crippen LogP contribution >= 0.6 is 0 Å². The zero-order valence-electron chi connectivity index (χ0n) is 15.0. The van der Waals surface area contributed by atoms with Crippen molar-refractivity contribution in [2.24, 2.45) is 0 Å². The highest BCUT2D eigenvalue weighted by Gasteiger charge is 2.40. The largest absolute Gasteiger partial charge is 0.490 e. The number of esters is 1. The summed E-state index contributed by atoms with van der Waals surface area (Å²) in [6.07, 6.45) is 0.904. The number of anilines is 1. The van der Waals surface area contributed by atoms with E-state index < -0.39 is 0 Å². The third-order valence-electron chi connectivity index (χ3n) is 4.77. The first-order valence-corrected chi connectivity index (χ1v) is 8.58. The van der Waals surface area contributed by atoms with Crippen LogP contribution in [0.3, 0.4) is 0 Å². The number of nitrogens with zero attached hydrogens (tertiary/aromatic N) is 1. The number of benzene rings is 1. The standard InChI is InChI=1S/C18H24N2O6/c1-23-10-20-14-5-4-12(8-17(21)24-2)26-16(14)9-25-15-6-3-11(19)7-13(15)18(20)22/h3,6-7,12,14,16H,4-5,8-10,19H2,1-2H3/t12-,14-,16-/m0/s1. The third kappa shape index (κ3) is 3.76. The van der Waals surface area contributed by atoms with E-state index in [0.717, 1.165) is 0 Å². The lowest BCUT2D eigenvalue weighted by atomic mass is 9.94. The van der Waals surface area contributed by atoms with Gasteiger partial charge in [-0.1, -0.05) is 0 Å². The van der Waals surface area contributed by atoms with Crippen LogP contribution in [0.5, 0.6) is 5.75 Å². The summed E-state index contributed by atoms with van der Waals surface area (Å²) in [4.78, 5) is 26.3. The Hall–Kier alpha value is -2.32. The molecule has 0 unspecified atom stereocenters. The summed E-state index contributed by atoms with van der Waals surface area (Å²) < 4.78 is 21.9. The molecule has 142 valence electrons. The number of nitrogens with two attached hydrogens (primary N) is 1. The molecule has 0 aromatic heterocycles. The number of carbonyl (C=O) groups excluding carboxylic acids is 2. The van der Waals surface area contributed by atoms with Crippen molar-refractivity contribution in [2.45, 2.75) is 37.5 Å². The summed E-state index contributed by atoms with van der Waals surface area (Å²) in [7, 11) is 2.90. The van der Waals surface area contributed by atoms with Gasteiger partial charge >= 0.3 is 5.97 Å². The summed E-state index contributed by atoms with van der Waals surface area (Å²) in [6, 6.07) is 4.78. The lowest BCUT2D eigenvalue weighted by Crippen LogP contribution is -2.55. The average Bonchev–Trinajstić information content (AvgIpc) is 2.64. The van der Waals surface area contributed by atoms with Gasteiger partial charge in [-0.05, 0) is 31.0 Å². The molecular formula is C18H24N2O6. The van der Waals surface area contributed by atoms with E-state index in [9.17, 15) is 9.59 Å². The minimum atomic E-state index is -0.358. The molecule has 8 heteroatoms. The fourth-order valence-electron chi connectivity index (χ4n) is 3.49. The van der Waals surface area contributed by atoms with E-state index in [-0.39, 0.29) is 49.9 Å². The van der Waals surface area contributed by atoms with Crippen LogP contribution in [0.2, 0.25) is 0 Å². The van der Waals surface area contributed by atoms with Crippen molar-refractivity contribution in [2.75, 3.05) is 33.3 Å². The molecule has 2 heterocycles. The normalized spacial score (nSPS) is 25.4. The topological polar surface area (TPSA) is 100 Å². The van der Waals surface area contributed by atoms with Gasteiger partial charge in [0.2, 0.25) is 0 Å². The van der Waals surface area contributed by atoms with Gasteiger partial charge in [0.05, 0.1) is 31.2 Å². The highest BCUT2D eigenvalue weighted by molar-refractivity contribution is 5.98. The van der Waals surface area contributed by atoms with Gasteiger partial charge < -0.3 is 29.6 Å². The number of hydrogen-bond donors (Lipinski definition) is 1. The molecule has 3 rings (SSSR count). The maximum atomic E-state index is 13.1. The molecule has 8 nitrogen and oxygen atoms in total. The monoisotopic (exact) mass is 364 g/mol. The van der Waals surface area contributed by atoms with Crippen LogP contribution < -0.4 is 10.5 Å². The number of amides is 1. The zero-order chi connectivity index (χ0) is 18.7. The highest BCUT2D eigenvalue weighted by atomic mass is 16.6. The van der Waals surface area contributed by atoms with E-state index in [4.69, 9.17) is 24.7 Å². The molecule has 1 saturated heterocycles. The van der Waals surface area contributed by atoms with E-state index in [0.29, 0.717) is 29.8 Å². The fraction of sp³-hybridized carbons (Fsp3) is 0.556. The molecule has 0 radical (unpaired) electrons. The molecule has 2 N–H and O–H groups in total. The van der Waals surface area contributed by atoms with Crippen LogP contribution in [0.25, 0.3) is 0 Å². The molecule has 1 aromatic rings. The molecule has 26 heavy (non-hydrogen) atoms. The van der Waals surface area contributed by atoms with E-state index >= 15 is 0 Å². The summed E-state index contributed by atoms with van der Waals surface area (Å²) in [5.74, 6) is -0.0628. The van der Waals surface area contributed by atoms with Crippen molar-refractivity contribution in [1.82, 2.24) is 4.90 Å². The minimum Gasteiger partial charge on any atom is -0.490 e. The number of fused-ring (bicyclic) bond motifs is 2. The number of nitrogen functional groups attached to an aromatic ring is 1. The van der Waals surface area contributed by atoms with Crippen molar-refractivity contribution in [3.8, 4) is 5.75 Å². The van der Waals surface area contributed by atoms with Gasteiger partial charge in [0.25, 0.3) is 5.91 Å². The number of ether oxygens (including phenoxy) is 4. The maximum Gasteiger partial charge on any atom is 0.308 e. The van der Waals surface area contributed by atoms with Gasteiger partial charge in [0, 0.05) is 12.8 Å². The Morgan fingerprint density at radius 1 is 1.35 bits per heavy atom. The first-order valence-electron chi connectivity index (χ1n) is 8.58. The molecule has 1 fully saturated rings. The third-order valence-corrected chi connectivity index (χ3v) is 4.77. The van der Waals surface area contributed by atoms with Crippen LogP contribution in [0.1, 0.15) is 29.6 Å². The summed E-state index contributed by atoms with van der Waals surface area (Å²) in [6.45, 7) is 0.409. The Labute approximate surface area is 152 Å². The van der Waals surface area contributed by atoms with E-state index in [2.05, 4.69) is 0 Å². The van der Waals surface area contributed by atoms with Crippen molar-refractivity contribution in [1.29, 1.82) is 0 Å². The van der Waals surface area contributed by atoms with E-state index in [1.54, 1.807) is 30.2 Å². The fourth-order valence-corrected chi connectivity index (χ4v) is 3.49. The summed E-state index contributed by atoms with van der Waals surface area (Å²) in [5.41, 5.74) is 6.74. The van der Waals surface area contributed by atoms with Crippen molar-refractivity contribution in [3.63, 3.8) is 0 Å². The Morgan fingerprint density at radius 2 is 2.15 bits per heavy atom. The lowest BCUT2D eigenvalue weighted by molar-refractivity contribution is -0.153. The molecule has 1 aromatic carbocycles. The second-order valence-electron chi connectivity index (χ2n) is 6.48. The van der Waals surface area contributed by atoms with Crippen LogP contribution in [-0.4, -0.2) is 62.6 Å². The van der Waals surface area contributed by atoms with Crippen molar-refractivity contribution < 1.29 is 28.5 Å². The van der Waals surface area contributed by atoms with Crippen molar-refractivity contribution in [3.05, 3.63) is 23.8 Å². The number of carbonyl (C=O) groups is 2. The van der Waals surface area contributed by atoms with Gasteiger partial charge in [-0.3, -0.25) is 9.59 Å². The van der Waals surface area contributed by atoms with Crippen LogP contribution in [0.4, 0.5) is 5.69 Å². The maximum absolute atomic E-state index is 13.1. The van der Waals surface area contributed by atoms with Crippen molar-refractivity contribution >= 4 is 17.6 Å². The Kier molecular flexibility index (Phi) is 5.63. The van der Waals surface area contributed by atoms with E-state index in [1.165, 1.54) is 7.11 Å². The van der Waals surface area contributed by atoms with Crippen LogP contribution in [0, 0.1) is 0 Å². The second-order valence-corrected chi connectivity index (χ2v) is 6.48. The SMILES string of the molecule is COCN1C(=O)c2cc(N)ccc2OC[C@@H]2O[C@H](CC(=O)OC)CC[C@@H]21. The Bertz CT molecular complexity index is 680. The predicted octanol–water partition coefficient (Wildman–Crippen LogP) is 1.19. The van der Waals surface area contributed by atoms with Gasteiger partial charge in [0.15, 0.2) is 0 Å². The summed E-state index contributed by atoms with van der Waals surface area (Å²) >= 11 is 0. The summed E-state index contributed by atoms with van der Waals surface area (Å²) in [5, 5.41) is 0. The second kappa shape index (κ2) is 7.92. The van der Waals surface area contributed by atoms with E-state index in [1.807, 2.05) is 0 Å². The Balaban J connectivity index is 1.86. The molecule has 0 bridgehead atoms. The molecule has 0 spiro atoms. The van der Waals surface area contributed by atoms with Gasteiger partial charge in [-0.25, -0.2) is 0 Å². The number of methoxy groups -OCH3 is 2. The number of hydrogen-bond acceptors (Lipinski definition) is 7. The predicted molar refractivity (Wildman–Crippen MR) is 92.7 cm³/mol. The van der Waals surface area contributed by atoms with Crippen LogP contribution in [0.15, 0.2) is 18.2 Å². The Morgan fingerprint density at radius 3 is 2.88 bits per heavy atom. The molecule has 0 saturated carbocycles. The molecular weight excluding hydrogens is 340 g/mol. The zero-order valence-corrected chi connectivity index (χ0v) is 15.0. The van der Waals surface area contributed by atoms with Gasteiger partial charge in [-0.15, -0.1) is 0 Å². The first kappa shape index (κ1) is 18.5. The average molecular weight is 364 g/mol. The quantitative estimate of drug-likeness (QED) is 0.632. The minimum absolute atomic E-state index is 0.138. The number of rotatable bonds is 4. The smallest absolute Gasteiger partial charge is 0.308 e. The molecule has 0 aliphatic carbocycles. The van der Waals surface area contributed by atoms with Gasteiger partial charge in [0.1, 0.15) is 25.2 Å². The molecule has 2 aliphatic heterocycles. The van der Waals surface area contributed by atoms with Crippen LogP contribution in [-0.2, 0) is 19.0 Å². The highest BCUT2D eigenvalue weighted by Crippen LogP contribution is 2.32. The van der Waals surface area contributed by atoms with Gasteiger partial charge in [-0.2, -0.15) is 0 Å². The molecule has 3 atom stereocenters. The molecule has 1 amide bonds.